The molecule has 0 saturated heterocycles. The summed E-state index contributed by atoms with van der Waals surface area (Å²) in [5, 5.41) is 13.3. The normalized spacial score (nSPS) is 32.1. The Kier molecular flexibility index (Phi) is 4.20. The largest absolute Gasteiger partial charge is 0.392 e. The van der Waals surface area contributed by atoms with Crippen molar-refractivity contribution in [1.29, 1.82) is 0 Å². The minimum absolute atomic E-state index is 0.116. The van der Waals surface area contributed by atoms with Crippen LogP contribution in [0.15, 0.2) is 0 Å². The zero-order valence-corrected chi connectivity index (χ0v) is 9.09. The van der Waals surface area contributed by atoms with Gasteiger partial charge in [-0.25, -0.2) is 0 Å². The Balaban J connectivity index is 2.33. The molecule has 78 valence electrons. The highest BCUT2D eigenvalue weighted by molar-refractivity contribution is 4.83. The number of hydrogen-bond donors (Lipinski definition) is 2. The Morgan fingerprint density at radius 2 is 1.77 bits per heavy atom. The molecule has 0 spiro atoms. The molecule has 2 heteroatoms. The molecule has 0 aliphatic heterocycles. The standard InChI is InChI=1S/C11H23NO/c1-8(2)9(3)12-10-6-4-5-7-11(10)13/h8-13H,4-7H2,1-3H3/t9-,10+,11+/m1/s1. The molecule has 3 atom stereocenters. The molecule has 0 aromatic heterocycles. The van der Waals surface area contributed by atoms with Crippen molar-refractivity contribution in [3.8, 4) is 0 Å². The number of nitrogens with one attached hydrogen (secondary N) is 1. The van der Waals surface area contributed by atoms with Crippen molar-refractivity contribution in [3.05, 3.63) is 0 Å². The fourth-order valence-corrected chi connectivity index (χ4v) is 1.84. The molecule has 0 unspecified atom stereocenters. The van der Waals surface area contributed by atoms with Crippen molar-refractivity contribution in [2.45, 2.75) is 64.6 Å². The molecular weight excluding hydrogens is 162 g/mol. The van der Waals surface area contributed by atoms with Crippen LogP contribution in [0.2, 0.25) is 0 Å². The van der Waals surface area contributed by atoms with Gasteiger partial charge in [-0.05, 0) is 25.7 Å². The zero-order chi connectivity index (χ0) is 9.84. The Morgan fingerprint density at radius 1 is 1.15 bits per heavy atom. The van der Waals surface area contributed by atoms with E-state index in [-0.39, 0.29) is 6.10 Å². The van der Waals surface area contributed by atoms with Gasteiger partial charge >= 0.3 is 0 Å². The van der Waals surface area contributed by atoms with Crippen LogP contribution in [0.3, 0.4) is 0 Å². The van der Waals surface area contributed by atoms with E-state index in [1.807, 2.05) is 0 Å². The van der Waals surface area contributed by atoms with Gasteiger partial charge < -0.3 is 10.4 Å². The van der Waals surface area contributed by atoms with Crippen LogP contribution in [0.1, 0.15) is 46.5 Å². The van der Waals surface area contributed by atoms with E-state index in [1.165, 1.54) is 12.8 Å². The zero-order valence-electron chi connectivity index (χ0n) is 9.09. The van der Waals surface area contributed by atoms with Gasteiger partial charge in [0, 0.05) is 12.1 Å². The van der Waals surface area contributed by atoms with Crippen LogP contribution in [-0.2, 0) is 0 Å². The first-order chi connectivity index (χ1) is 6.11. The molecule has 1 saturated carbocycles. The van der Waals surface area contributed by atoms with Gasteiger partial charge in [0.15, 0.2) is 0 Å². The summed E-state index contributed by atoms with van der Waals surface area (Å²) in [6.45, 7) is 6.63. The molecule has 2 N–H and O–H groups in total. The molecule has 0 heterocycles. The van der Waals surface area contributed by atoms with Gasteiger partial charge in [-0.15, -0.1) is 0 Å². The van der Waals surface area contributed by atoms with Crippen LogP contribution in [0.4, 0.5) is 0 Å². The van der Waals surface area contributed by atoms with Crippen molar-refractivity contribution in [3.63, 3.8) is 0 Å². The number of rotatable bonds is 3. The number of aliphatic hydroxyl groups is 1. The lowest BCUT2D eigenvalue weighted by Crippen LogP contribution is -2.47. The van der Waals surface area contributed by atoms with Gasteiger partial charge in [-0.2, -0.15) is 0 Å². The molecule has 0 aromatic rings. The van der Waals surface area contributed by atoms with Gasteiger partial charge in [0.2, 0.25) is 0 Å². The maximum absolute atomic E-state index is 9.74. The van der Waals surface area contributed by atoms with E-state index in [2.05, 4.69) is 26.1 Å². The van der Waals surface area contributed by atoms with Crippen LogP contribution in [0, 0.1) is 5.92 Å². The quantitative estimate of drug-likeness (QED) is 0.704. The highest BCUT2D eigenvalue weighted by Crippen LogP contribution is 2.19. The van der Waals surface area contributed by atoms with Gasteiger partial charge in [0.25, 0.3) is 0 Å². The minimum atomic E-state index is -0.116. The van der Waals surface area contributed by atoms with E-state index < -0.39 is 0 Å². The van der Waals surface area contributed by atoms with Crippen molar-refractivity contribution >= 4 is 0 Å². The third kappa shape index (κ3) is 3.28. The third-order valence-electron chi connectivity index (χ3n) is 3.21. The number of hydrogen-bond acceptors (Lipinski definition) is 2. The van der Waals surface area contributed by atoms with Crippen LogP contribution in [0.5, 0.6) is 0 Å². The SMILES string of the molecule is CC(C)[C@@H](C)N[C@H]1CCCC[C@@H]1O. The Bertz CT molecular complexity index is 147. The summed E-state index contributed by atoms with van der Waals surface area (Å²) < 4.78 is 0. The molecule has 0 radical (unpaired) electrons. The first-order valence-electron chi connectivity index (χ1n) is 5.55. The average Bonchev–Trinajstić information content (AvgIpc) is 2.08. The summed E-state index contributed by atoms with van der Waals surface area (Å²) >= 11 is 0. The average molecular weight is 185 g/mol. The first-order valence-corrected chi connectivity index (χ1v) is 5.55. The van der Waals surface area contributed by atoms with E-state index in [1.54, 1.807) is 0 Å². The van der Waals surface area contributed by atoms with E-state index in [4.69, 9.17) is 0 Å². The second-order valence-electron chi connectivity index (χ2n) is 4.66. The summed E-state index contributed by atoms with van der Waals surface area (Å²) in [5.41, 5.74) is 0. The fourth-order valence-electron chi connectivity index (χ4n) is 1.84. The van der Waals surface area contributed by atoms with Crippen LogP contribution >= 0.6 is 0 Å². The second kappa shape index (κ2) is 4.97. The molecule has 1 aliphatic carbocycles. The Labute approximate surface area is 81.7 Å². The van der Waals surface area contributed by atoms with Crippen molar-refractivity contribution in [2.75, 3.05) is 0 Å². The maximum Gasteiger partial charge on any atom is 0.0693 e. The fraction of sp³-hybridized carbons (Fsp3) is 1.00. The van der Waals surface area contributed by atoms with Crippen LogP contribution in [0.25, 0.3) is 0 Å². The molecule has 0 bridgehead atoms. The summed E-state index contributed by atoms with van der Waals surface area (Å²) in [6.07, 6.45) is 4.45. The minimum Gasteiger partial charge on any atom is -0.392 e. The van der Waals surface area contributed by atoms with E-state index in [0.717, 1.165) is 12.8 Å². The van der Waals surface area contributed by atoms with E-state index in [9.17, 15) is 5.11 Å². The maximum atomic E-state index is 9.74. The summed E-state index contributed by atoms with van der Waals surface area (Å²) in [5.74, 6) is 0.647. The summed E-state index contributed by atoms with van der Waals surface area (Å²) in [4.78, 5) is 0. The highest BCUT2D eigenvalue weighted by Gasteiger charge is 2.24. The van der Waals surface area contributed by atoms with Gasteiger partial charge in [-0.1, -0.05) is 26.7 Å². The topological polar surface area (TPSA) is 32.3 Å². The molecule has 13 heavy (non-hydrogen) atoms. The lowest BCUT2D eigenvalue weighted by molar-refractivity contribution is 0.0826. The smallest absolute Gasteiger partial charge is 0.0693 e. The van der Waals surface area contributed by atoms with Crippen molar-refractivity contribution < 1.29 is 5.11 Å². The van der Waals surface area contributed by atoms with E-state index >= 15 is 0 Å². The summed E-state index contributed by atoms with van der Waals surface area (Å²) in [7, 11) is 0. The predicted molar refractivity (Wildman–Crippen MR) is 55.7 cm³/mol. The Hall–Kier alpha value is -0.0800. The van der Waals surface area contributed by atoms with Crippen LogP contribution in [-0.4, -0.2) is 23.3 Å². The monoisotopic (exact) mass is 185 g/mol. The highest BCUT2D eigenvalue weighted by atomic mass is 16.3. The molecule has 0 amide bonds. The predicted octanol–water partition coefficient (Wildman–Crippen LogP) is 1.92. The van der Waals surface area contributed by atoms with Crippen molar-refractivity contribution in [2.24, 2.45) is 5.92 Å². The third-order valence-corrected chi connectivity index (χ3v) is 3.21. The molecular formula is C11H23NO. The molecule has 1 aliphatic rings. The van der Waals surface area contributed by atoms with Gasteiger partial charge in [0.05, 0.1) is 6.10 Å². The molecule has 2 nitrogen and oxygen atoms in total. The van der Waals surface area contributed by atoms with Gasteiger partial charge in [0.1, 0.15) is 0 Å². The van der Waals surface area contributed by atoms with Crippen molar-refractivity contribution in [1.82, 2.24) is 5.32 Å². The molecule has 0 aromatic carbocycles. The number of aliphatic hydroxyl groups excluding tert-OH is 1. The second-order valence-corrected chi connectivity index (χ2v) is 4.66. The molecule has 1 fully saturated rings. The Morgan fingerprint density at radius 3 is 2.31 bits per heavy atom. The lowest BCUT2D eigenvalue weighted by Gasteiger charge is -2.32. The van der Waals surface area contributed by atoms with Crippen LogP contribution < -0.4 is 5.32 Å². The van der Waals surface area contributed by atoms with Gasteiger partial charge in [-0.3, -0.25) is 0 Å². The van der Waals surface area contributed by atoms with E-state index in [0.29, 0.717) is 18.0 Å². The first kappa shape index (κ1) is 11.0. The molecule has 1 rings (SSSR count). The lowest BCUT2D eigenvalue weighted by atomic mass is 9.91. The summed E-state index contributed by atoms with van der Waals surface area (Å²) in [6, 6.07) is 0.851.